The minimum absolute atomic E-state index is 0.0255. The van der Waals surface area contributed by atoms with E-state index in [0.717, 1.165) is 6.07 Å². The number of nitrogens with zero attached hydrogens (tertiary/aromatic N) is 2. The zero-order valence-corrected chi connectivity index (χ0v) is 12.5. The van der Waals surface area contributed by atoms with Crippen LogP contribution in [0.1, 0.15) is 18.9 Å². The Hall–Kier alpha value is -1.94. The molecular weight excluding hydrogens is 293 g/mol. The molecule has 1 aliphatic rings. The summed E-state index contributed by atoms with van der Waals surface area (Å²) in [4.78, 5) is 13.9. The molecule has 1 N–H and O–H groups in total. The van der Waals surface area contributed by atoms with Crippen molar-refractivity contribution >= 4 is 22.5 Å². The van der Waals surface area contributed by atoms with E-state index in [9.17, 15) is 13.4 Å². The van der Waals surface area contributed by atoms with Gasteiger partial charge in [0.05, 0.1) is 11.3 Å². The van der Waals surface area contributed by atoms with E-state index < -0.39 is 16.6 Å². The van der Waals surface area contributed by atoms with Gasteiger partial charge in [0, 0.05) is 34.9 Å². The van der Waals surface area contributed by atoms with Crippen LogP contribution in [0.2, 0.25) is 0 Å². The molecule has 2 atom stereocenters. The normalized spacial score (nSPS) is 22.2. The second-order valence-electron chi connectivity index (χ2n) is 4.91. The summed E-state index contributed by atoms with van der Waals surface area (Å²) < 4.78 is 24.6. The molecule has 2 unspecified atom stereocenters. The third-order valence-corrected chi connectivity index (χ3v) is 4.79. The van der Waals surface area contributed by atoms with Crippen LogP contribution in [-0.4, -0.2) is 39.2 Å². The molecular formula is C14H16FN3O2S. The van der Waals surface area contributed by atoms with Gasteiger partial charge in [-0.1, -0.05) is 0 Å². The first-order valence-corrected chi connectivity index (χ1v) is 8.12. The van der Waals surface area contributed by atoms with Crippen molar-refractivity contribution in [3.05, 3.63) is 29.6 Å². The van der Waals surface area contributed by atoms with Gasteiger partial charge in [0.2, 0.25) is 0 Å². The zero-order valence-electron chi connectivity index (χ0n) is 11.6. The Labute approximate surface area is 125 Å². The average molecular weight is 309 g/mol. The summed E-state index contributed by atoms with van der Waals surface area (Å²) in [6.45, 7) is 2.31. The molecule has 0 spiro atoms. The molecule has 5 nitrogen and oxygen atoms in total. The molecule has 2 amide bonds. The Morgan fingerprint density at radius 1 is 1.52 bits per heavy atom. The monoisotopic (exact) mass is 309 g/mol. The minimum atomic E-state index is -0.895. The standard InChI is InChI=1S/C14H16FN3O2S/c1-10-4-6-21(20)7-5-18(10)14(19)17-13-3-2-12(15)8-11(13)9-16/h2-3,8,10H,4-7H2,1H3,(H,17,19). The maximum atomic E-state index is 13.1. The van der Waals surface area contributed by atoms with Gasteiger partial charge in [-0.25, -0.2) is 9.18 Å². The average Bonchev–Trinajstić information content (AvgIpc) is 2.63. The fourth-order valence-electron chi connectivity index (χ4n) is 2.19. The van der Waals surface area contributed by atoms with Crippen molar-refractivity contribution in [1.82, 2.24) is 4.90 Å². The van der Waals surface area contributed by atoms with Crippen LogP contribution in [0.4, 0.5) is 14.9 Å². The predicted molar refractivity (Wildman–Crippen MR) is 78.8 cm³/mol. The first kappa shape index (κ1) is 15.4. The zero-order chi connectivity index (χ0) is 15.4. The quantitative estimate of drug-likeness (QED) is 0.863. The lowest BCUT2D eigenvalue weighted by molar-refractivity contribution is 0.197. The van der Waals surface area contributed by atoms with E-state index in [1.807, 2.05) is 13.0 Å². The first-order valence-electron chi connectivity index (χ1n) is 6.63. The van der Waals surface area contributed by atoms with Gasteiger partial charge in [-0.05, 0) is 31.5 Å². The Kier molecular flexibility index (Phi) is 4.91. The van der Waals surface area contributed by atoms with Crippen LogP contribution in [0, 0.1) is 17.1 Å². The number of nitrogens with one attached hydrogen (secondary N) is 1. The van der Waals surface area contributed by atoms with Gasteiger partial charge < -0.3 is 10.2 Å². The summed E-state index contributed by atoms with van der Waals surface area (Å²) in [6.07, 6.45) is 0.675. The van der Waals surface area contributed by atoms with E-state index in [1.165, 1.54) is 12.1 Å². The number of rotatable bonds is 1. The van der Waals surface area contributed by atoms with Crippen LogP contribution in [0.3, 0.4) is 0 Å². The van der Waals surface area contributed by atoms with Gasteiger partial charge in [0.15, 0.2) is 0 Å². The number of urea groups is 1. The van der Waals surface area contributed by atoms with Crippen LogP contribution >= 0.6 is 0 Å². The lowest BCUT2D eigenvalue weighted by Crippen LogP contribution is -2.42. The molecule has 2 rings (SSSR count). The summed E-state index contributed by atoms with van der Waals surface area (Å²) >= 11 is 0. The largest absolute Gasteiger partial charge is 0.322 e. The summed E-state index contributed by atoms with van der Waals surface area (Å²) in [6, 6.07) is 5.11. The van der Waals surface area contributed by atoms with Crippen molar-refractivity contribution in [3.8, 4) is 6.07 Å². The number of carbonyl (C=O) groups excluding carboxylic acids is 1. The van der Waals surface area contributed by atoms with E-state index in [4.69, 9.17) is 5.26 Å². The minimum Gasteiger partial charge on any atom is -0.321 e. The highest BCUT2D eigenvalue weighted by molar-refractivity contribution is 7.85. The number of hydrogen-bond acceptors (Lipinski definition) is 3. The maximum absolute atomic E-state index is 13.1. The molecule has 0 radical (unpaired) electrons. The van der Waals surface area contributed by atoms with Crippen molar-refractivity contribution in [1.29, 1.82) is 5.26 Å². The molecule has 1 aliphatic heterocycles. The van der Waals surface area contributed by atoms with Crippen LogP contribution in [0.25, 0.3) is 0 Å². The molecule has 0 aromatic heterocycles. The van der Waals surface area contributed by atoms with Gasteiger partial charge in [0.25, 0.3) is 0 Å². The van der Waals surface area contributed by atoms with Crippen molar-refractivity contribution in [2.45, 2.75) is 19.4 Å². The summed E-state index contributed by atoms with van der Waals surface area (Å²) in [5, 5.41) is 11.6. The fraction of sp³-hybridized carbons (Fsp3) is 0.429. The molecule has 1 saturated heterocycles. The summed E-state index contributed by atoms with van der Waals surface area (Å²) in [5.41, 5.74) is 0.357. The number of halogens is 1. The second-order valence-corrected chi connectivity index (χ2v) is 6.61. The van der Waals surface area contributed by atoms with Gasteiger partial charge in [-0.3, -0.25) is 4.21 Å². The third-order valence-electron chi connectivity index (χ3n) is 3.46. The van der Waals surface area contributed by atoms with Gasteiger partial charge in [-0.2, -0.15) is 5.26 Å². The predicted octanol–water partition coefficient (Wildman–Crippen LogP) is 2.07. The van der Waals surface area contributed by atoms with Crippen molar-refractivity contribution < 1.29 is 13.4 Å². The van der Waals surface area contributed by atoms with Gasteiger partial charge in [-0.15, -0.1) is 0 Å². The molecule has 0 aliphatic carbocycles. The first-order chi connectivity index (χ1) is 10.0. The maximum Gasteiger partial charge on any atom is 0.322 e. The molecule has 21 heavy (non-hydrogen) atoms. The van der Waals surface area contributed by atoms with E-state index in [0.29, 0.717) is 24.5 Å². The number of anilines is 1. The van der Waals surface area contributed by atoms with Crippen LogP contribution < -0.4 is 5.32 Å². The van der Waals surface area contributed by atoms with Crippen LogP contribution in [0.15, 0.2) is 18.2 Å². The molecule has 1 heterocycles. The summed E-state index contributed by atoms with van der Waals surface area (Å²) in [7, 11) is -0.895. The van der Waals surface area contributed by atoms with E-state index in [1.54, 1.807) is 4.90 Å². The number of benzene rings is 1. The van der Waals surface area contributed by atoms with Crippen molar-refractivity contribution in [2.75, 3.05) is 23.4 Å². The van der Waals surface area contributed by atoms with Crippen molar-refractivity contribution in [3.63, 3.8) is 0 Å². The molecule has 0 saturated carbocycles. The Balaban J connectivity index is 2.14. The fourth-order valence-corrected chi connectivity index (χ4v) is 3.40. The number of hydrogen-bond donors (Lipinski definition) is 1. The van der Waals surface area contributed by atoms with E-state index in [-0.39, 0.29) is 23.3 Å². The third kappa shape index (κ3) is 3.79. The lowest BCUT2D eigenvalue weighted by Gasteiger charge is -2.27. The SMILES string of the molecule is CC1CCS(=O)CCN1C(=O)Nc1ccc(F)cc1C#N. The molecule has 1 aromatic rings. The van der Waals surface area contributed by atoms with Gasteiger partial charge in [0.1, 0.15) is 11.9 Å². The highest BCUT2D eigenvalue weighted by Crippen LogP contribution is 2.18. The second kappa shape index (κ2) is 6.68. The molecule has 0 bridgehead atoms. The van der Waals surface area contributed by atoms with Crippen LogP contribution in [0.5, 0.6) is 0 Å². The van der Waals surface area contributed by atoms with Crippen molar-refractivity contribution in [2.24, 2.45) is 0 Å². The van der Waals surface area contributed by atoms with E-state index >= 15 is 0 Å². The highest BCUT2D eigenvalue weighted by atomic mass is 32.2. The number of amides is 2. The molecule has 1 aromatic carbocycles. The van der Waals surface area contributed by atoms with Crippen LogP contribution in [-0.2, 0) is 10.8 Å². The van der Waals surface area contributed by atoms with Gasteiger partial charge >= 0.3 is 6.03 Å². The highest BCUT2D eigenvalue weighted by Gasteiger charge is 2.24. The smallest absolute Gasteiger partial charge is 0.321 e. The Morgan fingerprint density at radius 2 is 2.29 bits per heavy atom. The number of carbonyl (C=O) groups is 1. The topological polar surface area (TPSA) is 73.2 Å². The Bertz CT molecular complexity index is 615. The Morgan fingerprint density at radius 3 is 3.00 bits per heavy atom. The number of nitriles is 1. The molecule has 1 fully saturated rings. The molecule has 112 valence electrons. The molecule has 7 heteroatoms. The summed E-state index contributed by atoms with van der Waals surface area (Å²) in [5.74, 6) is 0.514. The lowest BCUT2D eigenvalue weighted by atomic mass is 10.2. The van der Waals surface area contributed by atoms with E-state index in [2.05, 4.69) is 5.32 Å².